The Morgan fingerprint density at radius 3 is 2.35 bits per heavy atom. The number of phenolic OH excluding ortho intramolecular Hbond substituents is 1. The lowest BCUT2D eigenvalue weighted by Gasteiger charge is -2.30. The normalized spacial score (nSPS) is 22.9. The van der Waals surface area contributed by atoms with Gasteiger partial charge in [-0.05, 0) is 114 Å². The van der Waals surface area contributed by atoms with Crippen LogP contribution in [0.4, 0.5) is 32.0 Å². The van der Waals surface area contributed by atoms with E-state index in [1.165, 1.54) is 7.11 Å². The standard InChI is InChI=1S/C35H29F6IN2O5/c1-17-9-23-30(33(47)44(32(23)46)22-14-20(34(36,37)38)13-21(15-22)35(39,40)41)24-16-49-27(29(17)24)7-6-19(26-5-3-4-8-43-26)10-18-11-25(42)31(45)28(12-18)48-2/h3-5,8,10-15,23-24,27,30,45H,6-7,9,16H2,1-2H3/b19-10-/t23-,24+,27-,30-/m1/s1. The minimum atomic E-state index is -5.14. The lowest BCUT2D eigenvalue weighted by atomic mass is 9.70. The Balaban J connectivity index is 1.28. The summed E-state index contributed by atoms with van der Waals surface area (Å²) >= 11 is 2.01. The van der Waals surface area contributed by atoms with Crippen molar-refractivity contribution in [3.8, 4) is 11.5 Å². The third-order valence-electron chi connectivity index (χ3n) is 9.26. The maximum absolute atomic E-state index is 13.8. The number of aromatic nitrogens is 1. The number of fused-ring (bicyclic) bond motifs is 3. The van der Waals surface area contributed by atoms with Gasteiger partial charge in [-0.2, -0.15) is 26.3 Å². The van der Waals surface area contributed by atoms with Gasteiger partial charge in [0.2, 0.25) is 11.8 Å². The van der Waals surface area contributed by atoms with Gasteiger partial charge in [-0.3, -0.25) is 14.6 Å². The van der Waals surface area contributed by atoms with Gasteiger partial charge in [-0.15, -0.1) is 0 Å². The number of amides is 2. The van der Waals surface area contributed by atoms with Crippen LogP contribution in [0.2, 0.25) is 0 Å². The topological polar surface area (TPSA) is 89.0 Å². The summed E-state index contributed by atoms with van der Waals surface area (Å²) in [6.45, 7) is 1.88. The molecule has 49 heavy (non-hydrogen) atoms. The summed E-state index contributed by atoms with van der Waals surface area (Å²) < 4.78 is 93.8. The highest BCUT2D eigenvalue weighted by Crippen LogP contribution is 2.51. The molecule has 4 atom stereocenters. The highest BCUT2D eigenvalue weighted by atomic mass is 127. The molecule has 2 saturated heterocycles. The molecular weight excluding hydrogens is 769 g/mol. The summed E-state index contributed by atoms with van der Waals surface area (Å²) in [6, 6.07) is 9.79. The van der Waals surface area contributed by atoms with Crippen LogP contribution in [0.25, 0.3) is 11.6 Å². The maximum atomic E-state index is 13.8. The number of hydrogen-bond donors (Lipinski definition) is 1. The maximum Gasteiger partial charge on any atom is 0.416 e. The number of ether oxygens (including phenoxy) is 2. The van der Waals surface area contributed by atoms with Gasteiger partial charge >= 0.3 is 12.4 Å². The van der Waals surface area contributed by atoms with Crippen molar-refractivity contribution in [1.82, 2.24) is 4.98 Å². The van der Waals surface area contributed by atoms with Gasteiger partial charge in [-0.1, -0.05) is 11.6 Å². The largest absolute Gasteiger partial charge is 0.504 e. The first-order chi connectivity index (χ1) is 23.1. The van der Waals surface area contributed by atoms with Gasteiger partial charge in [0.1, 0.15) is 0 Å². The SMILES string of the molecule is COc1cc(/C=C(/CC[C@H]2OC[C@H]3C2=C(C)C[C@H]2C(=O)N(c4cc(C(F)(F)F)cc(C(F)(F)F)c4)C(=O)[C@H]23)c2ccccn2)cc(I)c1O. The number of carbonyl (C=O) groups excluding carboxylic acids is 2. The number of anilines is 1. The van der Waals surface area contributed by atoms with Crippen LogP contribution >= 0.6 is 22.6 Å². The predicted octanol–water partition coefficient (Wildman–Crippen LogP) is 8.30. The van der Waals surface area contributed by atoms with Crippen molar-refractivity contribution in [3.05, 3.63) is 91.8 Å². The molecule has 2 amide bonds. The van der Waals surface area contributed by atoms with Crippen LogP contribution in [0.1, 0.15) is 48.6 Å². The lowest BCUT2D eigenvalue weighted by molar-refractivity contribution is -0.143. The minimum Gasteiger partial charge on any atom is -0.504 e. The summed E-state index contributed by atoms with van der Waals surface area (Å²) in [5, 5.41) is 10.3. The number of aromatic hydroxyl groups is 1. The number of phenols is 1. The molecule has 0 spiro atoms. The summed E-state index contributed by atoms with van der Waals surface area (Å²) in [6.07, 6.45) is -6.07. The zero-order valence-electron chi connectivity index (χ0n) is 26.0. The zero-order chi connectivity index (χ0) is 35.4. The molecule has 1 aliphatic carbocycles. The summed E-state index contributed by atoms with van der Waals surface area (Å²) in [4.78, 5) is 32.4. The Morgan fingerprint density at radius 2 is 1.73 bits per heavy atom. The van der Waals surface area contributed by atoms with Crippen LogP contribution in [0.15, 0.2) is 65.9 Å². The molecule has 3 aromatic rings. The molecule has 2 aromatic carbocycles. The molecule has 1 aromatic heterocycles. The van der Waals surface area contributed by atoms with Crippen LogP contribution < -0.4 is 9.64 Å². The molecule has 0 radical (unpaired) electrons. The average molecular weight is 799 g/mol. The third kappa shape index (κ3) is 6.68. The average Bonchev–Trinajstić information content (AvgIpc) is 3.58. The van der Waals surface area contributed by atoms with E-state index in [4.69, 9.17) is 9.47 Å². The second-order valence-corrected chi connectivity index (χ2v) is 13.4. The van der Waals surface area contributed by atoms with E-state index < -0.39 is 64.8 Å². The first-order valence-corrected chi connectivity index (χ1v) is 16.3. The number of benzene rings is 2. The fourth-order valence-electron chi connectivity index (χ4n) is 7.10. The quantitative estimate of drug-likeness (QED) is 0.112. The number of allylic oxidation sites excluding steroid dienone is 2. The lowest BCUT2D eigenvalue weighted by Crippen LogP contribution is -2.34. The molecule has 14 heteroatoms. The van der Waals surface area contributed by atoms with E-state index in [2.05, 4.69) is 4.98 Å². The molecule has 3 heterocycles. The summed E-state index contributed by atoms with van der Waals surface area (Å²) in [5.41, 5.74) is -0.0189. The Kier molecular flexibility index (Phi) is 9.32. The number of imide groups is 1. The van der Waals surface area contributed by atoms with Crippen LogP contribution in [-0.2, 0) is 26.7 Å². The van der Waals surface area contributed by atoms with Crippen LogP contribution in [0, 0.1) is 21.3 Å². The minimum absolute atomic E-state index is 0.0235. The van der Waals surface area contributed by atoms with Crippen LogP contribution in [0.5, 0.6) is 11.5 Å². The Bertz CT molecular complexity index is 1840. The number of methoxy groups -OCH3 is 1. The van der Waals surface area contributed by atoms with Gasteiger partial charge in [-0.25, -0.2) is 4.90 Å². The first-order valence-electron chi connectivity index (χ1n) is 15.3. The third-order valence-corrected chi connectivity index (χ3v) is 10.1. The van der Waals surface area contributed by atoms with Crippen molar-refractivity contribution in [2.24, 2.45) is 17.8 Å². The monoisotopic (exact) mass is 798 g/mol. The number of carbonyl (C=O) groups is 2. The van der Waals surface area contributed by atoms with Crippen molar-refractivity contribution in [3.63, 3.8) is 0 Å². The molecule has 3 aliphatic rings. The van der Waals surface area contributed by atoms with Crippen molar-refractivity contribution in [2.75, 3.05) is 18.6 Å². The molecule has 258 valence electrons. The Labute approximate surface area is 290 Å². The number of halogens is 7. The van der Waals surface area contributed by atoms with E-state index in [0.717, 1.165) is 22.3 Å². The van der Waals surface area contributed by atoms with Crippen molar-refractivity contribution < 1.29 is 50.5 Å². The first kappa shape index (κ1) is 34.9. The summed E-state index contributed by atoms with van der Waals surface area (Å²) in [5.74, 6) is -3.84. The zero-order valence-corrected chi connectivity index (χ0v) is 28.2. The van der Waals surface area contributed by atoms with E-state index in [1.807, 2.05) is 47.7 Å². The fraction of sp³-hybridized carbons (Fsp3) is 0.343. The van der Waals surface area contributed by atoms with Crippen molar-refractivity contribution >= 4 is 51.7 Å². The molecule has 1 N–H and O–H groups in total. The number of hydrogen-bond acceptors (Lipinski definition) is 6. The van der Waals surface area contributed by atoms with E-state index >= 15 is 0 Å². The molecule has 7 nitrogen and oxygen atoms in total. The van der Waals surface area contributed by atoms with Crippen LogP contribution in [0.3, 0.4) is 0 Å². The van der Waals surface area contributed by atoms with Gasteiger partial charge < -0.3 is 14.6 Å². The molecule has 0 unspecified atom stereocenters. The Morgan fingerprint density at radius 1 is 1.04 bits per heavy atom. The highest BCUT2D eigenvalue weighted by Gasteiger charge is 2.57. The molecule has 0 bridgehead atoms. The number of alkyl halides is 6. The van der Waals surface area contributed by atoms with E-state index in [-0.39, 0.29) is 24.8 Å². The molecule has 0 saturated carbocycles. The second-order valence-electron chi connectivity index (χ2n) is 12.3. The molecule has 2 fully saturated rings. The molecule has 6 rings (SSSR count). The molecule has 2 aliphatic heterocycles. The number of nitrogens with zero attached hydrogens (tertiary/aromatic N) is 2. The Hall–Kier alpha value is -3.92. The van der Waals surface area contributed by atoms with Gasteiger partial charge in [0.15, 0.2) is 11.5 Å². The highest BCUT2D eigenvalue weighted by molar-refractivity contribution is 14.1. The van der Waals surface area contributed by atoms with Gasteiger partial charge in [0, 0.05) is 12.1 Å². The second kappa shape index (κ2) is 13.1. The summed E-state index contributed by atoms with van der Waals surface area (Å²) in [7, 11) is 1.46. The van der Waals surface area contributed by atoms with Crippen LogP contribution in [-0.4, -0.2) is 41.7 Å². The van der Waals surface area contributed by atoms with Gasteiger partial charge in [0.25, 0.3) is 0 Å². The number of pyridine rings is 1. The molecular formula is C35H29F6IN2O5. The van der Waals surface area contributed by atoms with Gasteiger partial charge in [0.05, 0.1) is 57.7 Å². The van der Waals surface area contributed by atoms with E-state index in [0.29, 0.717) is 44.9 Å². The van der Waals surface area contributed by atoms with Crippen molar-refractivity contribution in [1.29, 1.82) is 0 Å². The number of rotatable bonds is 7. The van der Waals surface area contributed by atoms with Crippen molar-refractivity contribution in [2.45, 2.75) is 44.6 Å². The predicted molar refractivity (Wildman–Crippen MR) is 175 cm³/mol. The fourth-order valence-corrected chi connectivity index (χ4v) is 7.72. The smallest absolute Gasteiger partial charge is 0.416 e. The van der Waals surface area contributed by atoms with E-state index in [1.54, 1.807) is 24.4 Å². The van der Waals surface area contributed by atoms with E-state index in [9.17, 15) is 41.0 Å².